The Hall–Kier alpha value is -1.15. The summed E-state index contributed by atoms with van der Waals surface area (Å²) in [6, 6.07) is -0.746. The lowest BCUT2D eigenvalue weighted by Gasteiger charge is -2.24. The van der Waals surface area contributed by atoms with Crippen molar-refractivity contribution >= 4 is 23.6 Å². The Morgan fingerprint density at radius 1 is 1.47 bits per heavy atom. The van der Waals surface area contributed by atoms with E-state index in [9.17, 15) is 9.59 Å². The van der Waals surface area contributed by atoms with Crippen molar-refractivity contribution in [3.8, 4) is 12.3 Å². The summed E-state index contributed by atoms with van der Waals surface area (Å²) in [4.78, 5) is 23.8. The van der Waals surface area contributed by atoms with Crippen LogP contribution in [0, 0.1) is 18.3 Å². The van der Waals surface area contributed by atoms with Gasteiger partial charge in [0.05, 0.1) is 5.37 Å². The predicted octanol–water partition coefficient (Wildman–Crippen LogP) is 0.384. The first kappa shape index (κ1) is 10.4. The van der Waals surface area contributed by atoms with Gasteiger partial charge < -0.3 is 10.0 Å². The molecule has 5 heteroatoms. The van der Waals surface area contributed by atoms with Crippen molar-refractivity contribution in [1.82, 2.24) is 4.90 Å². The normalized spacial score (nSPS) is 29.9. The van der Waals surface area contributed by atoms with E-state index in [0.29, 0.717) is 11.7 Å². The molecule has 1 aliphatic carbocycles. The van der Waals surface area contributed by atoms with E-state index in [1.165, 1.54) is 16.7 Å². The summed E-state index contributed by atoms with van der Waals surface area (Å²) >= 11 is 1.53. The monoisotopic (exact) mass is 225 g/mol. The molecule has 0 radical (unpaired) electrons. The second kappa shape index (κ2) is 3.78. The Morgan fingerprint density at radius 2 is 2.13 bits per heavy atom. The van der Waals surface area contributed by atoms with Gasteiger partial charge in [0.15, 0.2) is 0 Å². The third-order valence-corrected chi connectivity index (χ3v) is 4.16. The highest BCUT2D eigenvalue weighted by Gasteiger charge is 2.47. The van der Waals surface area contributed by atoms with Gasteiger partial charge in [-0.25, -0.2) is 4.79 Å². The molecular formula is C10H11NO3S. The molecule has 15 heavy (non-hydrogen) atoms. The van der Waals surface area contributed by atoms with Crippen LogP contribution in [-0.2, 0) is 9.59 Å². The first-order valence-corrected chi connectivity index (χ1v) is 5.83. The number of carbonyl (C=O) groups is 2. The fourth-order valence-electron chi connectivity index (χ4n) is 1.79. The maximum absolute atomic E-state index is 11.5. The van der Waals surface area contributed by atoms with E-state index in [4.69, 9.17) is 11.5 Å². The maximum Gasteiger partial charge on any atom is 0.327 e. The quantitative estimate of drug-likeness (QED) is 0.690. The van der Waals surface area contributed by atoms with Gasteiger partial charge in [-0.1, -0.05) is 0 Å². The summed E-state index contributed by atoms with van der Waals surface area (Å²) < 4.78 is 0. The molecule has 1 saturated carbocycles. The number of thioether (sulfide) groups is 1. The van der Waals surface area contributed by atoms with Crippen LogP contribution >= 0.6 is 11.8 Å². The zero-order valence-electron chi connectivity index (χ0n) is 8.05. The topological polar surface area (TPSA) is 57.6 Å². The van der Waals surface area contributed by atoms with Crippen molar-refractivity contribution in [2.24, 2.45) is 5.92 Å². The zero-order valence-corrected chi connectivity index (χ0v) is 8.87. The summed E-state index contributed by atoms with van der Waals surface area (Å²) in [6.45, 7) is 0. The molecule has 0 bridgehead atoms. The molecule has 2 unspecified atom stereocenters. The van der Waals surface area contributed by atoms with E-state index in [1.807, 2.05) is 5.92 Å². The fourth-order valence-corrected chi connectivity index (χ4v) is 3.42. The molecule has 2 rings (SSSR count). The number of hydrogen-bond donors (Lipinski definition) is 1. The number of rotatable bonds is 2. The average molecular weight is 225 g/mol. The van der Waals surface area contributed by atoms with Gasteiger partial charge in [0.1, 0.15) is 6.04 Å². The van der Waals surface area contributed by atoms with E-state index in [-0.39, 0.29) is 5.37 Å². The predicted molar refractivity (Wildman–Crippen MR) is 56.1 cm³/mol. The number of amides is 1. The molecule has 2 aliphatic rings. The molecule has 1 heterocycles. The molecule has 0 aromatic rings. The lowest BCUT2D eigenvalue weighted by molar-refractivity contribution is -0.147. The SMILES string of the molecule is C#CC(=O)N1C(C(=O)O)CSC1C1CC1. The number of nitrogens with zero attached hydrogens (tertiary/aromatic N) is 1. The highest BCUT2D eigenvalue weighted by Crippen LogP contribution is 2.45. The minimum absolute atomic E-state index is 0.0188. The van der Waals surface area contributed by atoms with Crippen LogP contribution in [0.25, 0.3) is 0 Å². The van der Waals surface area contributed by atoms with Crippen LogP contribution in [0.1, 0.15) is 12.8 Å². The lowest BCUT2D eigenvalue weighted by atomic mass is 10.2. The second-order valence-corrected chi connectivity index (χ2v) is 4.92. The third-order valence-electron chi connectivity index (χ3n) is 2.70. The Labute approximate surface area is 92.0 Å². The number of terminal acetylenes is 1. The van der Waals surface area contributed by atoms with E-state index in [0.717, 1.165) is 12.8 Å². The standard InChI is InChI=1S/C10H11NO3S/c1-2-8(12)11-7(10(13)14)5-15-9(11)6-3-4-6/h1,6-7,9H,3-5H2,(H,13,14). The van der Waals surface area contributed by atoms with Gasteiger partial charge in [-0.2, -0.15) is 0 Å². The smallest absolute Gasteiger partial charge is 0.327 e. The van der Waals surface area contributed by atoms with Crippen LogP contribution in [0.4, 0.5) is 0 Å². The van der Waals surface area contributed by atoms with Gasteiger partial charge in [0, 0.05) is 5.75 Å². The summed E-state index contributed by atoms with van der Waals surface area (Å²) in [5, 5.41) is 8.95. The van der Waals surface area contributed by atoms with E-state index in [1.54, 1.807) is 0 Å². The Balaban J connectivity index is 2.19. The van der Waals surface area contributed by atoms with Crippen molar-refractivity contribution in [2.45, 2.75) is 24.3 Å². The fraction of sp³-hybridized carbons (Fsp3) is 0.600. The van der Waals surface area contributed by atoms with Crippen LogP contribution in [-0.4, -0.2) is 39.1 Å². The molecule has 1 aliphatic heterocycles. The molecular weight excluding hydrogens is 214 g/mol. The second-order valence-electron chi connectivity index (χ2n) is 3.77. The van der Waals surface area contributed by atoms with Gasteiger partial charge >= 0.3 is 5.97 Å². The largest absolute Gasteiger partial charge is 0.480 e. The van der Waals surface area contributed by atoms with Crippen molar-refractivity contribution in [1.29, 1.82) is 0 Å². The molecule has 0 spiro atoms. The van der Waals surface area contributed by atoms with E-state index < -0.39 is 17.9 Å². The molecule has 1 saturated heterocycles. The van der Waals surface area contributed by atoms with Crippen LogP contribution < -0.4 is 0 Å². The zero-order chi connectivity index (χ0) is 11.0. The first-order valence-electron chi connectivity index (χ1n) is 4.78. The first-order chi connectivity index (χ1) is 7.15. The Morgan fingerprint density at radius 3 is 2.60 bits per heavy atom. The third kappa shape index (κ3) is 1.82. The molecule has 4 nitrogen and oxygen atoms in total. The van der Waals surface area contributed by atoms with Crippen LogP contribution in [0.3, 0.4) is 0 Å². The van der Waals surface area contributed by atoms with Crippen molar-refractivity contribution < 1.29 is 14.7 Å². The molecule has 2 fully saturated rings. The Bertz CT molecular complexity index is 345. The number of hydrogen-bond acceptors (Lipinski definition) is 3. The molecule has 2 atom stereocenters. The van der Waals surface area contributed by atoms with Gasteiger partial charge in [0.2, 0.25) is 0 Å². The van der Waals surface area contributed by atoms with Crippen molar-refractivity contribution in [3.05, 3.63) is 0 Å². The minimum Gasteiger partial charge on any atom is -0.480 e. The Kier molecular flexibility index (Phi) is 2.61. The van der Waals surface area contributed by atoms with Crippen LogP contribution in [0.5, 0.6) is 0 Å². The molecule has 0 aromatic heterocycles. The summed E-state index contributed by atoms with van der Waals surface area (Å²) in [5.74, 6) is 1.44. The molecule has 1 N–H and O–H groups in total. The van der Waals surface area contributed by atoms with E-state index in [2.05, 4.69) is 0 Å². The number of aliphatic carboxylic acids is 1. The molecule has 80 valence electrons. The highest BCUT2D eigenvalue weighted by atomic mass is 32.2. The number of carboxylic acid groups (broad SMARTS) is 1. The van der Waals surface area contributed by atoms with Crippen LogP contribution in [0.15, 0.2) is 0 Å². The molecule has 1 amide bonds. The van der Waals surface area contributed by atoms with Gasteiger partial charge in [-0.15, -0.1) is 18.2 Å². The van der Waals surface area contributed by atoms with Gasteiger partial charge in [-0.05, 0) is 24.7 Å². The number of carbonyl (C=O) groups excluding carboxylic acids is 1. The van der Waals surface area contributed by atoms with Gasteiger partial charge in [0.25, 0.3) is 5.91 Å². The minimum atomic E-state index is -0.964. The van der Waals surface area contributed by atoms with Crippen molar-refractivity contribution in [2.75, 3.05) is 5.75 Å². The average Bonchev–Trinajstić information content (AvgIpc) is 2.95. The van der Waals surface area contributed by atoms with Gasteiger partial charge in [-0.3, -0.25) is 4.79 Å². The summed E-state index contributed by atoms with van der Waals surface area (Å²) in [7, 11) is 0. The highest BCUT2D eigenvalue weighted by molar-refractivity contribution is 8.00. The maximum atomic E-state index is 11.5. The summed E-state index contributed by atoms with van der Waals surface area (Å²) in [5.41, 5.74) is 0. The van der Waals surface area contributed by atoms with Crippen molar-refractivity contribution in [3.63, 3.8) is 0 Å². The van der Waals surface area contributed by atoms with E-state index >= 15 is 0 Å². The number of carboxylic acids is 1. The molecule has 0 aromatic carbocycles. The van der Waals surface area contributed by atoms with Crippen LogP contribution in [0.2, 0.25) is 0 Å². The lowest BCUT2D eigenvalue weighted by Crippen LogP contribution is -2.45. The summed E-state index contributed by atoms with van der Waals surface area (Å²) in [6.07, 6.45) is 7.19.